The molecule has 0 saturated heterocycles. The largest absolute Gasteiger partial charge is 0.465 e. The van der Waals surface area contributed by atoms with Crippen molar-refractivity contribution in [1.82, 2.24) is 14.4 Å². The van der Waals surface area contributed by atoms with Crippen molar-refractivity contribution in [2.45, 2.75) is 12.8 Å². The van der Waals surface area contributed by atoms with E-state index in [1.165, 1.54) is 7.11 Å². The summed E-state index contributed by atoms with van der Waals surface area (Å²) in [5.74, 6) is 0.408. The fourth-order valence-corrected chi connectivity index (χ4v) is 3.90. The normalized spacial score (nSPS) is 14.0. The Morgan fingerprint density at radius 2 is 2.03 bits per heavy atom. The number of aromatic nitrogens is 3. The van der Waals surface area contributed by atoms with Crippen LogP contribution >= 0.6 is 0 Å². The number of oxime groups is 1. The predicted octanol–water partition coefficient (Wildman–Crippen LogP) is 4.05. The number of methoxy groups -OCH3 is 1. The van der Waals surface area contributed by atoms with Gasteiger partial charge in [-0.2, -0.15) is 0 Å². The van der Waals surface area contributed by atoms with E-state index >= 15 is 0 Å². The first-order valence-electron chi connectivity index (χ1n) is 9.80. The van der Waals surface area contributed by atoms with Crippen molar-refractivity contribution in [2.24, 2.45) is 5.16 Å². The van der Waals surface area contributed by atoms with Gasteiger partial charge in [0.05, 0.1) is 24.6 Å². The summed E-state index contributed by atoms with van der Waals surface area (Å²) in [7, 11) is 1.36. The fourth-order valence-electron chi connectivity index (χ4n) is 3.90. The minimum atomic E-state index is -0.381. The first kappa shape index (κ1) is 18.8. The quantitative estimate of drug-likeness (QED) is 0.297. The molecule has 8 heteroatoms. The summed E-state index contributed by atoms with van der Waals surface area (Å²) in [5, 5.41) is 16.0. The molecular formula is C23H19N5O3. The van der Waals surface area contributed by atoms with Crippen LogP contribution in [0, 0.1) is 0 Å². The summed E-state index contributed by atoms with van der Waals surface area (Å²) < 4.78 is 6.72. The number of esters is 1. The third-order valence-corrected chi connectivity index (χ3v) is 5.44. The molecule has 4 aromatic rings. The average molecular weight is 413 g/mol. The molecule has 2 aromatic carbocycles. The highest BCUT2D eigenvalue weighted by Gasteiger charge is 2.20. The van der Waals surface area contributed by atoms with Crippen molar-refractivity contribution in [3.8, 4) is 11.3 Å². The second-order valence-corrected chi connectivity index (χ2v) is 7.23. The Balaban J connectivity index is 1.57. The van der Waals surface area contributed by atoms with Crippen LogP contribution in [0.25, 0.3) is 16.9 Å². The zero-order valence-electron chi connectivity index (χ0n) is 16.7. The smallest absolute Gasteiger partial charge is 0.337 e. The van der Waals surface area contributed by atoms with Crippen LogP contribution < -0.4 is 5.32 Å². The highest BCUT2D eigenvalue weighted by molar-refractivity contribution is 6.04. The van der Waals surface area contributed by atoms with E-state index in [4.69, 9.17) is 14.9 Å². The molecule has 2 heterocycles. The highest BCUT2D eigenvalue weighted by Crippen LogP contribution is 2.33. The second kappa shape index (κ2) is 7.56. The van der Waals surface area contributed by atoms with E-state index in [-0.39, 0.29) is 5.97 Å². The molecule has 2 aromatic heterocycles. The Kier molecular flexibility index (Phi) is 4.59. The molecule has 8 nitrogen and oxygen atoms in total. The summed E-state index contributed by atoms with van der Waals surface area (Å²) in [6.07, 6.45) is 6.82. The number of imidazole rings is 1. The van der Waals surface area contributed by atoms with Crippen LogP contribution in [0.5, 0.6) is 0 Å². The van der Waals surface area contributed by atoms with Crippen LogP contribution in [0.2, 0.25) is 0 Å². The molecule has 5 rings (SSSR count). The number of anilines is 2. The minimum absolute atomic E-state index is 0.381. The number of benzene rings is 2. The van der Waals surface area contributed by atoms with Gasteiger partial charge in [0.25, 0.3) is 0 Å². The summed E-state index contributed by atoms with van der Waals surface area (Å²) in [4.78, 5) is 20.7. The predicted molar refractivity (Wildman–Crippen MR) is 116 cm³/mol. The number of carbonyl (C=O) groups excluding carboxylic acids is 1. The highest BCUT2D eigenvalue weighted by atomic mass is 16.5. The third kappa shape index (κ3) is 3.28. The number of fused-ring (bicyclic) bond motifs is 2. The van der Waals surface area contributed by atoms with E-state index in [1.54, 1.807) is 24.5 Å². The van der Waals surface area contributed by atoms with E-state index < -0.39 is 0 Å². The molecule has 0 atom stereocenters. The molecule has 0 fully saturated rings. The van der Waals surface area contributed by atoms with Crippen molar-refractivity contribution >= 4 is 28.8 Å². The molecule has 1 aliphatic carbocycles. The van der Waals surface area contributed by atoms with Crippen LogP contribution in [-0.2, 0) is 11.2 Å². The van der Waals surface area contributed by atoms with Gasteiger partial charge in [0.2, 0.25) is 0 Å². The molecule has 0 spiro atoms. The Morgan fingerprint density at radius 3 is 2.81 bits per heavy atom. The third-order valence-electron chi connectivity index (χ3n) is 5.44. The molecule has 0 bridgehead atoms. The summed E-state index contributed by atoms with van der Waals surface area (Å²) in [5.41, 5.74) is 6.51. The maximum atomic E-state index is 11.8. The van der Waals surface area contributed by atoms with E-state index in [1.807, 2.05) is 34.9 Å². The maximum Gasteiger partial charge on any atom is 0.337 e. The molecule has 1 aliphatic rings. The Labute approximate surface area is 177 Å². The van der Waals surface area contributed by atoms with Crippen molar-refractivity contribution in [3.05, 3.63) is 77.7 Å². The Morgan fingerprint density at radius 1 is 1.19 bits per heavy atom. The number of hydrogen-bond donors (Lipinski definition) is 2. The molecule has 31 heavy (non-hydrogen) atoms. The van der Waals surface area contributed by atoms with Gasteiger partial charge in [-0.25, -0.2) is 9.78 Å². The average Bonchev–Trinajstić information content (AvgIpc) is 3.40. The van der Waals surface area contributed by atoms with Crippen LogP contribution in [-0.4, -0.2) is 38.4 Å². The maximum absolute atomic E-state index is 11.8. The van der Waals surface area contributed by atoms with Crippen molar-refractivity contribution in [1.29, 1.82) is 0 Å². The molecule has 0 unspecified atom stereocenters. The zero-order chi connectivity index (χ0) is 21.4. The van der Waals surface area contributed by atoms with Gasteiger partial charge in [-0.3, -0.25) is 9.38 Å². The SMILES string of the molecule is COC(=O)c1ccc(-c2nc3cnccn3c2Nc2ccc3c(c2)CC/C3=N\O)cc1. The molecule has 154 valence electrons. The van der Waals surface area contributed by atoms with Gasteiger partial charge in [-0.1, -0.05) is 23.4 Å². The van der Waals surface area contributed by atoms with Gasteiger partial charge in [0, 0.05) is 29.2 Å². The van der Waals surface area contributed by atoms with Gasteiger partial charge in [-0.05, 0) is 42.7 Å². The van der Waals surface area contributed by atoms with Crippen molar-refractivity contribution < 1.29 is 14.7 Å². The first-order chi connectivity index (χ1) is 15.2. The lowest BCUT2D eigenvalue weighted by molar-refractivity contribution is 0.0600. The number of aryl methyl sites for hydroxylation is 1. The lowest BCUT2D eigenvalue weighted by atomic mass is 10.1. The number of hydrogen-bond acceptors (Lipinski definition) is 7. The van der Waals surface area contributed by atoms with Gasteiger partial charge < -0.3 is 15.3 Å². The Bertz CT molecular complexity index is 1330. The Hall–Kier alpha value is -4.20. The zero-order valence-corrected chi connectivity index (χ0v) is 16.7. The molecule has 2 N–H and O–H groups in total. The van der Waals surface area contributed by atoms with E-state index in [2.05, 4.69) is 21.5 Å². The first-order valence-corrected chi connectivity index (χ1v) is 9.80. The fraction of sp³-hybridized carbons (Fsp3) is 0.130. The summed E-state index contributed by atoms with van der Waals surface area (Å²) in [6, 6.07) is 13.1. The molecular weight excluding hydrogens is 394 g/mol. The topological polar surface area (TPSA) is 101 Å². The standard InChI is InChI=1S/C23H19N5O3/c1-31-23(29)15-4-2-14(3-5-15)21-22(28-11-10-24-13-20(28)26-21)25-17-7-8-18-16(12-17)6-9-19(18)27-30/h2-5,7-8,10-13,25,30H,6,9H2,1H3/b27-19+. The lowest BCUT2D eigenvalue weighted by Crippen LogP contribution is -2.01. The minimum Gasteiger partial charge on any atom is -0.465 e. The van der Waals surface area contributed by atoms with Crippen molar-refractivity contribution in [3.63, 3.8) is 0 Å². The molecule has 0 saturated carbocycles. The summed E-state index contributed by atoms with van der Waals surface area (Å²) >= 11 is 0. The van der Waals surface area contributed by atoms with Crippen molar-refractivity contribution in [2.75, 3.05) is 12.4 Å². The van der Waals surface area contributed by atoms with Gasteiger partial charge in [0.15, 0.2) is 5.65 Å². The lowest BCUT2D eigenvalue weighted by Gasteiger charge is -2.11. The van der Waals surface area contributed by atoms with E-state index in [0.29, 0.717) is 16.9 Å². The van der Waals surface area contributed by atoms with Gasteiger partial charge in [0.1, 0.15) is 11.5 Å². The van der Waals surface area contributed by atoms with E-state index in [0.717, 1.165) is 46.7 Å². The van der Waals surface area contributed by atoms with E-state index in [9.17, 15) is 4.79 Å². The monoisotopic (exact) mass is 413 g/mol. The van der Waals surface area contributed by atoms with Gasteiger partial charge >= 0.3 is 5.97 Å². The second-order valence-electron chi connectivity index (χ2n) is 7.23. The number of carbonyl (C=O) groups is 1. The number of ether oxygens (including phenoxy) is 1. The van der Waals surface area contributed by atoms with Crippen LogP contribution in [0.4, 0.5) is 11.5 Å². The number of rotatable bonds is 4. The molecule has 0 radical (unpaired) electrons. The number of nitrogens with zero attached hydrogens (tertiary/aromatic N) is 4. The van der Waals surface area contributed by atoms with Crippen LogP contribution in [0.15, 0.2) is 66.2 Å². The molecule has 0 aliphatic heterocycles. The molecule has 0 amide bonds. The van der Waals surface area contributed by atoms with Crippen LogP contribution in [0.3, 0.4) is 0 Å². The summed E-state index contributed by atoms with van der Waals surface area (Å²) in [6.45, 7) is 0. The number of nitrogens with one attached hydrogen (secondary N) is 1. The van der Waals surface area contributed by atoms with Gasteiger partial charge in [-0.15, -0.1) is 0 Å². The van der Waals surface area contributed by atoms with Crippen LogP contribution in [0.1, 0.15) is 27.9 Å².